The van der Waals surface area contributed by atoms with E-state index in [1.807, 2.05) is 0 Å². The number of sulfonamides is 2. The molecule has 0 amide bonds. The maximum Gasteiger partial charge on any atom is 0.212 e. The molecule has 0 aromatic heterocycles. The van der Waals surface area contributed by atoms with Crippen LogP contribution >= 0.6 is 22.6 Å². The Morgan fingerprint density at radius 3 is 1.72 bits per heavy atom. The van der Waals surface area contributed by atoms with Crippen LogP contribution in [0.1, 0.15) is 72.4 Å². The molecule has 0 aromatic carbocycles. The largest absolute Gasteiger partial charge is 0.304 e. The van der Waals surface area contributed by atoms with E-state index in [1.54, 1.807) is 0 Å². The third kappa shape index (κ3) is 11.8. The van der Waals surface area contributed by atoms with E-state index >= 15 is 0 Å². The lowest BCUT2D eigenvalue weighted by atomic mass is 10.0. The van der Waals surface area contributed by atoms with Crippen LogP contribution in [-0.2, 0) is 20.0 Å². The maximum atomic E-state index is 11.1. The molecule has 2 rings (SSSR count). The van der Waals surface area contributed by atoms with E-state index in [-0.39, 0.29) is 31.2 Å². The van der Waals surface area contributed by atoms with Crippen LogP contribution in [0.4, 0.5) is 0 Å². The molecule has 0 radical (unpaired) electrons. The van der Waals surface area contributed by atoms with Gasteiger partial charge in [-0.2, -0.15) is 0 Å². The minimum atomic E-state index is -3.62. The molecule has 2 aliphatic rings. The summed E-state index contributed by atoms with van der Waals surface area (Å²) in [4.78, 5) is 1.15. The Hall–Kier alpha value is 0.510. The van der Waals surface area contributed by atoms with Gasteiger partial charge in [0.1, 0.15) is 0 Å². The monoisotopic (exact) mass is 521 g/mol. The summed E-state index contributed by atoms with van der Waals surface area (Å²) in [6.45, 7) is -7.52. The first-order chi connectivity index (χ1) is 15.3. The van der Waals surface area contributed by atoms with Crippen LogP contribution in [0, 0.1) is 0 Å². The third-order valence-electron chi connectivity index (χ3n) is 4.08. The summed E-state index contributed by atoms with van der Waals surface area (Å²) in [5, 5.41) is 9.03. The number of hydrogen-bond acceptors (Lipinski definition) is 5. The third-order valence-corrected chi connectivity index (χ3v) is 6.88. The zero-order chi connectivity index (χ0) is 28.1. The molecule has 0 bridgehead atoms. The number of primary sulfonamides is 2. The molecule has 25 heavy (non-hydrogen) atoms. The molecule has 7 nitrogen and oxygen atoms in total. The van der Waals surface area contributed by atoms with E-state index in [1.165, 1.54) is 22.6 Å². The van der Waals surface area contributed by atoms with Gasteiger partial charge >= 0.3 is 0 Å². The average Bonchev–Trinajstić information content (AvgIpc) is 2.66. The molecule has 0 unspecified atom stereocenters. The number of hydrogen-bond donors (Lipinski definition) is 2. The number of halogens is 1. The smallest absolute Gasteiger partial charge is 0.212 e. The van der Waals surface area contributed by atoms with Gasteiger partial charge in [-0.25, -0.2) is 27.1 Å². The van der Waals surface area contributed by atoms with E-state index in [0.717, 1.165) is 37.0 Å². The Bertz CT molecular complexity index is 851. The first-order valence-corrected chi connectivity index (χ1v) is 12.1. The fourth-order valence-electron chi connectivity index (χ4n) is 2.69. The highest BCUT2D eigenvalue weighted by Gasteiger charge is 2.26. The standard InChI is InChI=1S/C7H16N2O2S.C6H13NO2S.C2H5I/c1-2-9-5-3-7(4-6-9)12(8,10)11;7-10(8,9)6-4-2-1-3-5-6;1-2-3/h7H,2-6H2,1H3,(H2,8,10,11);6H,1-5H2,(H2,7,8,9);2H2,1H3/i1D3,2D2;;1D3,2D2. The van der Waals surface area contributed by atoms with Crippen molar-refractivity contribution in [2.24, 2.45) is 10.3 Å². The van der Waals surface area contributed by atoms with Crippen molar-refractivity contribution in [3.8, 4) is 0 Å². The van der Waals surface area contributed by atoms with Gasteiger partial charge in [0, 0.05) is 13.7 Å². The first kappa shape index (κ1) is 12.9. The van der Waals surface area contributed by atoms with Crippen molar-refractivity contribution >= 4 is 42.6 Å². The van der Waals surface area contributed by atoms with Gasteiger partial charge in [-0.05, 0) is 49.6 Å². The number of nitrogens with zero attached hydrogens (tertiary/aromatic N) is 1. The van der Waals surface area contributed by atoms with Gasteiger partial charge in [0.05, 0.1) is 10.5 Å². The quantitative estimate of drug-likeness (QED) is 0.433. The predicted octanol–water partition coefficient (Wildman–Crippen LogP) is 1.81. The topological polar surface area (TPSA) is 124 Å². The highest BCUT2D eigenvalue weighted by Crippen LogP contribution is 2.21. The molecule has 1 aliphatic heterocycles. The lowest BCUT2D eigenvalue weighted by molar-refractivity contribution is 0.241. The van der Waals surface area contributed by atoms with Crippen LogP contribution in [0.2, 0.25) is 0 Å². The summed E-state index contributed by atoms with van der Waals surface area (Å²) < 4.78 is 111. The second-order valence-corrected chi connectivity index (χ2v) is 10.1. The van der Waals surface area contributed by atoms with Crippen LogP contribution in [-0.4, -0.2) is 56.2 Å². The summed E-state index contributed by atoms with van der Waals surface area (Å²) in [6, 6.07) is 0. The molecule has 1 heterocycles. The van der Waals surface area contributed by atoms with Crippen molar-refractivity contribution in [2.75, 3.05) is 24.0 Å². The molecule has 0 atom stereocenters. The molecule has 2 fully saturated rings. The Labute approximate surface area is 181 Å². The van der Waals surface area contributed by atoms with Gasteiger partial charge in [0.15, 0.2) is 0 Å². The second-order valence-electron chi connectivity index (χ2n) is 5.83. The van der Waals surface area contributed by atoms with Crippen molar-refractivity contribution in [2.45, 2.75) is 69.1 Å². The minimum absolute atomic E-state index is 0.0759. The fraction of sp³-hybridized carbons (Fsp3) is 1.00. The lowest BCUT2D eigenvalue weighted by Gasteiger charge is -2.29. The lowest BCUT2D eigenvalue weighted by Crippen LogP contribution is -2.41. The Morgan fingerprint density at radius 1 is 0.960 bits per heavy atom. The van der Waals surface area contributed by atoms with Gasteiger partial charge in [-0.3, -0.25) is 0 Å². The number of rotatable bonds is 3. The van der Waals surface area contributed by atoms with Crippen LogP contribution in [0.5, 0.6) is 0 Å². The number of piperidine rings is 1. The maximum absolute atomic E-state index is 11.1. The Balaban J connectivity index is 0.000000545. The molecule has 4 N–H and O–H groups in total. The van der Waals surface area contributed by atoms with E-state index in [0.29, 0.717) is 0 Å². The van der Waals surface area contributed by atoms with E-state index < -0.39 is 49.9 Å². The zero-order valence-corrected chi connectivity index (χ0v) is 17.7. The normalized spacial score (nSPS) is 28.9. The molecular weight excluding hydrogens is 477 g/mol. The summed E-state index contributed by atoms with van der Waals surface area (Å²) in [5.74, 6) is 0. The SMILES string of the molecule is NS(=O)(=O)C1CCCCC1.[2H]C([2H])([2H])C([2H])([2H])I.[2H]C([2H])([2H])C([2H])([2H])N1CCC(S(N)(=O)=O)CC1. The van der Waals surface area contributed by atoms with Crippen LogP contribution in [0.3, 0.4) is 0 Å². The van der Waals surface area contributed by atoms with Crippen LogP contribution < -0.4 is 10.3 Å². The van der Waals surface area contributed by atoms with E-state index in [4.69, 9.17) is 24.0 Å². The van der Waals surface area contributed by atoms with E-state index in [9.17, 15) is 16.8 Å². The van der Waals surface area contributed by atoms with Crippen molar-refractivity contribution < 1.29 is 30.5 Å². The zero-order valence-electron chi connectivity index (χ0n) is 23.9. The van der Waals surface area contributed by atoms with Crippen LogP contribution in [0.25, 0.3) is 0 Å². The molecule has 1 saturated heterocycles. The summed E-state index contributed by atoms with van der Waals surface area (Å²) in [5.41, 5.74) is 0. The van der Waals surface area contributed by atoms with Crippen molar-refractivity contribution in [3.05, 3.63) is 0 Å². The van der Waals surface area contributed by atoms with Crippen molar-refractivity contribution in [1.29, 1.82) is 0 Å². The van der Waals surface area contributed by atoms with Gasteiger partial charge in [-0.15, -0.1) is 0 Å². The van der Waals surface area contributed by atoms with Gasteiger partial charge < -0.3 is 4.90 Å². The van der Waals surface area contributed by atoms with Gasteiger partial charge in [0.2, 0.25) is 20.0 Å². The average molecular weight is 522 g/mol. The molecule has 1 aliphatic carbocycles. The molecule has 0 spiro atoms. The molecule has 1 saturated carbocycles. The van der Waals surface area contributed by atoms with Gasteiger partial charge in [-0.1, -0.05) is 55.6 Å². The Morgan fingerprint density at radius 2 is 1.40 bits per heavy atom. The van der Waals surface area contributed by atoms with Crippen molar-refractivity contribution in [1.82, 2.24) is 4.90 Å². The molecular formula is C15H34IN3O4S2. The number of nitrogens with two attached hydrogens (primary N) is 2. The number of alkyl halides is 1. The number of likely N-dealkylation sites (tertiary alicyclic amines) is 1. The van der Waals surface area contributed by atoms with E-state index in [2.05, 4.69) is 0 Å². The minimum Gasteiger partial charge on any atom is -0.304 e. The summed E-state index contributed by atoms with van der Waals surface area (Å²) in [6.07, 6.45) is 5.04. The summed E-state index contributed by atoms with van der Waals surface area (Å²) in [7, 11) is -6.85. The second kappa shape index (κ2) is 12.8. The highest BCUT2D eigenvalue weighted by molar-refractivity contribution is 14.1. The predicted molar refractivity (Wildman–Crippen MR) is 113 cm³/mol. The molecule has 152 valence electrons. The molecule has 10 heteroatoms. The Kier molecular flexibility index (Phi) is 6.60. The fourth-order valence-corrected chi connectivity index (χ4v) is 4.55. The molecule has 0 aromatic rings. The highest BCUT2D eigenvalue weighted by atomic mass is 127. The van der Waals surface area contributed by atoms with Gasteiger partial charge in [0.25, 0.3) is 0 Å². The summed E-state index contributed by atoms with van der Waals surface area (Å²) >= 11 is 1.25. The first-order valence-electron chi connectivity index (χ1n) is 12.8. The van der Waals surface area contributed by atoms with Crippen LogP contribution in [0.15, 0.2) is 0 Å². The van der Waals surface area contributed by atoms with Crippen molar-refractivity contribution in [3.63, 3.8) is 0 Å².